The Labute approximate surface area is 185 Å². The molecule has 0 radical (unpaired) electrons. The van der Waals surface area contributed by atoms with Gasteiger partial charge in [0.1, 0.15) is 10.6 Å². The fourth-order valence-electron chi connectivity index (χ4n) is 3.31. The van der Waals surface area contributed by atoms with Crippen LogP contribution in [0.5, 0.6) is 0 Å². The molecule has 1 N–H and O–H groups in total. The number of rotatable bonds is 6. The van der Waals surface area contributed by atoms with Gasteiger partial charge in [0.25, 0.3) is 5.91 Å². The summed E-state index contributed by atoms with van der Waals surface area (Å²) in [5.74, 6) is -0.719. The fourth-order valence-corrected chi connectivity index (χ4v) is 4.26. The number of benzene rings is 3. The van der Waals surface area contributed by atoms with Gasteiger partial charge in [-0.1, -0.05) is 72.8 Å². The Morgan fingerprint density at radius 3 is 2.00 bits per heavy atom. The van der Waals surface area contributed by atoms with Gasteiger partial charge in [-0.25, -0.2) is 4.79 Å². The number of hydrogen-bond donors (Lipinski definition) is 1. The second-order valence-electron chi connectivity index (χ2n) is 6.84. The predicted octanol–water partition coefficient (Wildman–Crippen LogP) is 6.51. The molecule has 0 fully saturated rings. The van der Waals surface area contributed by atoms with Crippen LogP contribution in [0.4, 0.5) is 5.00 Å². The van der Waals surface area contributed by atoms with Gasteiger partial charge in [-0.15, -0.1) is 11.3 Å². The first kappa shape index (κ1) is 20.6. The van der Waals surface area contributed by atoms with E-state index in [1.54, 1.807) is 19.1 Å². The van der Waals surface area contributed by atoms with Crippen molar-refractivity contribution in [3.05, 3.63) is 101 Å². The Balaban J connectivity index is 1.61. The first-order valence-corrected chi connectivity index (χ1v) is 10.9. The number of anilines is 1. The van der Waals surface area contributed by atoms with Crippen molar-refractivity contribution in [1.29, 1.82) is 0 Å². The lowest BCUT2D eigenvalue weighted by Gasteiger charge is -2.09. The maximum atomic E-state index is 12.9. The van der Waals surface area contributed by atoms with Crippen LogP contribution >= 0.6 is 11.3 Å². The smallest absolute Gasteiger partial charge is 0.341 e. The number of carbonyl (C=O) groups is 2. The molecule has 1 heterocycles. The maximum Gasteiger partial charge on any atom is 0.341 e. The summed E-state index contributed by atoms with van der Waals surface area (Å²) in [5.41, 5.74) is 4.67. The van der Waals surface area contributed by atoms with Crippen LogP contribution in [0, 0.1) is 0 Å². The van der Waals surface area contributed by atoms with Gasteiger partial charge in [0.05, 0.1) is 6.61 Å². The lowest BCUT2D eigenvalue weighted by atomic mass is 10.0. The number of ether oxygens (including phenoxy) is 1. The zero-order chi connectivity index (χ0) is 21.6. The first-order valence-electron chi connectivity index (χ1n) is 9.98. The summed E-state index contributed by atoms with van der Waals surface area (Å²) in [6.07, 6.45) is 0. The molecule has 3 aromatic carbocycles. The highest BCUT2D eigenvalue weighted by Gasteiger charge is 2.23. The van der Waals surface area contributed by atoms with Crippen molar-refractivity contribution >= 4 is 28.2 Å². The normalized spacial score (nSPS) is 10.5. The van der Waals surface area contributed by atoms with Crippen molar-refractivity contribution in [2.75, 3.05) is 11.9 Å². The molecule has 1 aromatic heterocycles. The molecule has 4 aromatic rings. The fraction of sp³-hybridized carbons (Fsp3) is 0.0769. The van der Waals surface area contributed by atoms with Crippen molar-refractivity contribution in [3.63, 3.8) is 0 Å². The van der Waals surface area contributed by atoms with Gasteiger partial charge in [0, 0.05) is 16.5 Å². The van der Waals surface area contributed by atoms with Crippen LogP contribution in [0.15, 0.2) is 90.3 Å². The molecule has 31 heavy (non-hydrogen) atoms. The highest BCUT2D eigenvalue weighted by Crippen LogP contribution is 2.36. The van der Waals surface area contributed by atoms with E-state index in [0.29, 0.717) is 16.1 Å². The van der Waals surface area contributed by atoms with Crippen molar-refractivity contribution in [3.8, 4) is 22.3 Å². The second-order valence-corrected chi connectivity index (χ2v) is 7.72. The van der Waals surface area contributed by atoms with E-state index in [-0.39, 0.29) is 12.5 Å². The monoisotopic (exact) mass is 427 g/mol. The van der Waals surface area contributed by atoms with Gasteiger partial charge in [-0.05, 0) is 35.7 Å². The Bertz CT molecular complexity index is 1180. The molecule has 0 unspecified atom stereocenters. The predicted molar refractivity (Wildman–Crippen MR) is 126 cm³/mol. The van der Waals surface area contributed by atoms with Gasteiger partial charge < -0.3 is 10.1 Å². The molecule has 0 aliphatic carbocycles. The molecule has 0 spiro atoms. The zero-order valence-electron chi connectivity index (χ0n) is 17.0. The molecule has 154 valence electrons. The Morgan fingerprint density at radius 1 is 0.806 bits per heavy atom. The number of amides is 1. The summed E-state index contributed by atoms with van der Waals surface area (Å²) in [4.78, 5) is 25.6. The largest absolute Gasteiger partial charge is 0.462 e. The second kappa shape index (κ2) is 9.41. The average molecular weight is 428 g/mol. The van der Waals surface area contributed by atoms with Gasteiger partial charge in [-0.3, -0.25) is 4.79 Å². The van der Waals surface area contributed by atoms with Crippen LogP contribution in [0.25, 0.3) is 22.3 Å². The molecule has 0 aliphatic heterocycles. The lowest BCUT2D eigenvalue weighted by Crippen LogP contribution is -2.14. The molecular formula is C26H21NO3S. The standard InChI is InChI=1S/C26H21NO3S/c1-2-30-26(29)23-22(20-11-7-4-8-12-20)17-31-25(23)27-24(28)21-15-13-19(14-16-21)18-9-5-3-6-10-18/h3-17H,2H2,1H3,(H,27,28). The van der Waals surface area contributed by atoms with Crippen molar-refractivity contribution in [1.82, 2.24) is 0 Å². The minimum absolute atomic E-state index is 0.261. The van der Waals surface area contributed by atoms with Gasteiger partial charge in [0.2, 0.25) is 0 Å². The SMILES string of the molecule is CCOC(=O)c1c(-c2ccccc2)csc1NC(=O)c1ccc(-c2ccccc2)cc1. The third kappa shape index (κ3) is 4.57. The molecular weight excluding hydrogens is 406 g/mol. The Morgan fingerprint density at radius 2 is 1.39 bits per heavy atom. The lowest BCUT2D eigenvalue weighted by molar-refractivity contribution is 0.0529. The van der Waals surface area contributed by atoms with E-state index in [1.807, 2.05) is 78.2 Å². The van der Waals surface area contributed by atoms with Crippen LogP contribution in [0.3, 0.4) is 0 Å². The number of esters is 1. The number of nitrogens with one attached hydrogen (secondary N) is 1. The Hall–Kier alpha value is -3.70. The van der Waals surface area contributed by atoms with E-state index >= 15 is 0 Å². The van der Waals surface area contributed by atoms with E-state index in [1.165, 1.54) is 11.3 Å². The van der Waals surface area contributed by atoms with E-state index in [4.69, 9.17) is 4.74 Å². The maximum absolute atomic E-state index is 12.9. The first-order chi connectivity index (χ1) is 15.2. The third-order valence-corrected chi connectivity index (χ3v) is 5.73. The van der Waals surface area contributed by atoms with E-state index in [2.05, 4.69) is 5.32 Å². The molecule has 0 aliphatic rings. The molecule has 5 heteroatoms. The van der Waals surface area contributed by atoms with E-state index in [0.717, 1.165) is 22.3 Å². The number of hydrogen-bond acceptors (Lipinski definition) is 4. The average Bonchev–Trinajstić information content (AvgIpc) is 3.24. The molecule has 4 rings (SSSR count). The molecule has 0 atom stereocenters. The van der Waals surface area contributed by atoms with Crippen LogP contribution < -0.4 is 5.32 Å². The highest BCUT2D eigenvalue weighted by molar-refractivity contribution is 7.15. The Kier molecular flexibility index (Phi) is 6.24. The third-order valence-electron chi connectivity index (χ3n) is 4.84. The zero-order valence-corrected chi connectivity index (χ0v) is 17.8. The molecule has 0 saturated heterocycles. The van der Waals surface area contributed by atoms with Crippen LogP contribution in [-0.4, -0.2) is 18.5 Å². The van der Waals surface area contributed by atoms with Crippen molar-refractivity contribution in [2.45, 2.75) is 6.92 Å². The molecule has 4 nitrogen and oxygen atoms in total. The van der Waals surface area contributed by atoms with E-state index < -0.39 is 5.97 Å². The quantitative estimate of drug-likeness (QED) is 0.357. The highest BCUT2D eigenvalue weighted by atomic mass is 32.1. The van der Waals surface area contributed by atoms with Gasteiger partial charge in [-0.2, -0.15) is 0 Å². The minimum Gasteiger partial charge on any atom is -0.462 e. The summed E-state index contributed by atoms with van der Waals surface area (Å²) >= 11 is 1.32. The van der Waals surface area contributed by atoms with Gasteiger partial charge >= 0.3 is 5.97 Å². The van der Waals surface area contributed by atoms with Crippen LogP contribution in [0.1, 0.15) is 27.6 Å². The molecule has 0 saturated carbocycles. The summed E-state index contributed by atoms with van der Waals surface area (Å²) in [7, 11) is 0. The van der Waals surface area contributed by atoms with Gasteiger partial charge in [0.15, 0.2) is 0 Å². The summed E-state index contributed by atoms with van der Waals surface area (Å²) in [6.45, 7) is 2.02. The van der Waals surface area contributed by atoms with E-state index in [9.17, 15) is 9.59 Å². The number of carbonyl (C=O) groups excluding carboxylic acids is 2. The number of thiophene rings is 1. The van der Waals surface area contributed by atoms with Crippen molar-refractivity contribution in [2.24, 2.45) is 0 Å². The van der Waals surface area contributed by atoms with Crippen LogP contribution in [-0.2, 0) is 4.74 Å². The summed E-state index contributed by atoms with van der Waals surface area (Å²) in [6, 6.07) is 27.0. The summed E-state index contributed by atoms with van der Waals surface area (Å²) in [5, 5.41) is 5.25. The summed E-state index contributed by atoms with van der Waals surface area (Å²) < 4.78 is 5.26. The topological polar surface area (TPSA) is 55.4 Å². The minimum atomic E-state index is -0.447. The van der Waals surface area contributed by atoms with Crippen molar-refractivity contribution < 1.29 is 14.3 Å². The molecule has 0 bridgehead atoms. The molecule has 1 amide bonds. The van der Waals surface area contributed by atoms with Crippen LogP contribution in [0.2, 0.25) is 0 Å².